The van der Waals surface area contributed by atoms with Crippen LogP contribution in [-0.4, -0.2) is 44.8 Å². The highest BCUT2D eigenvalue weighted by Crippen LogP contribution is 2.37. The van der Waals surface area contributed by atoms with Crippen LogP contribution >= 0.6 is 0 Å². The van der Waals surface area contributed by atoms with Crippen LogP contribution in [0.4, 0.5) is 0 Å². The molecule has 0 aromatic heterocycles. The van der Waals surface area contributed by atoms with Gasteiger partial charge in [0.05, 0.1) is 0 Å². The van der Waals surface area contributed by atoms with Crippen molar-refractivity contribution in [2.45, 2.75) is 52.6 Å². The average Bonchev–Trinajstić information content (AvgIpc) is 2.58. The summed E-state index contributed by atoms with van der Waals surface area (Å²) in [7, 11) is 0. The fraction of sp³-hybridized carbons (Fsp3) is 0.526. The third-order valence-electron chi connectivity index (χ3n) is 4.94. The Morgan fingerprint density at radius 1 is 1.00 bits per heavy atom. The largest absolute Gasteiger partial charge is 0.507 e. The topological polar surface area (TPSA) is 81.0 Å². The lowest BCUT2D eigenvalue weighted by Crippen LogP contribution is -2.47. The number of amides is 1. The van der Waals surface area contributed by atoms with Crippen molar-refractivity contribution in [1.29, 1.82) is 0 Å². The summed E-state index contributed by atoms with van der Waals surface area (Å²) in [6.45, 7) is 7.93. The van der Waals surface area contributed by atoms with Crippen LogP contribution in [0.15, 0.2) is 6.08 Å². The number of benzene rings is 1. The van der Waals surface area contributed by atoms with Crippen molar-refractivity contribution in [1.82, 2.24) is 4.90 Å². The molecule has 1 fully saturated rings. The van der Waals surface area contributed by atoms with Crippen LogP contribution in [0.2, 0.25) is 0 Å². The number of aliphatic hydroxyl groups is 1. The lowest BCUT2D eigenvalue weighted by molar-refractivity contribution is -0.146. The van der Waals surface area contributed by atoms with Gasteiger partial charge in [-0.05, 0) is 64.2 Å². The van der Waals surface area contributed by atoms with E-state index in [0.29, 0.717) is 35.3 Å². The normalized spacial score (nSPS) is 18.0. The number of piperidine rings is 1. The zero-order valence-corrected chi connectivity index (χ0v) is 14.9. The highest BCUT2D eigenvalue weighted by molar-refractivity contribution is 5.88. The molecule has 1 unspecified atom stereocenters. The minimum Gasteiger partial charge on any atom is -0.507 e. The maximum absolute atomic E-state index is 12.5. The molecule has 1 aliphatic rings. The van der Waals surface area contributed by atoms with Crippen LogP contribution in [0.25, 0.3) is 6.08 Å². The number of nitrogens with zero attached hydrogens (tertiary/aromatic N) is 1. The molecule has 0 aliphatic carbocycles. The molecule has 1 amide bonds. The summed E-state index contributed by atoms with van der Waals surface area (Å²) in [5.41, 5.74) is 0.499. The van der Waals surface area contributed by atoms with Gasteiger partial charge in [-0.15, -0.1) is 0 Å². The Hall–Kier alpha value is -2.01. The van der Waals surface area contributed by atoms with Crippen molar-refractivity contribution in [3.8, 4) is 11.5 Å². The average molecular weight is 333 g/mol. The van der Waals surface area contributed by atoms with Gasteiger partial charge in [-0.25, -0.2) is 0 Å². The minimum atomic E-state index is -1.65. The van der Waals surface area contributed by atoms with Crippen molar-refractivity contribution in [2.24, 2.45) is 0 Å². The van der Waals surface area contributed by atoms with E-state index in [4.69, 9.17) is 0 Å². The molecule has 1 aromatic rings. The van der Waals surface area contributed by atoms with E-state index in [0.717, 1.165) is 19.3 Å². The number of hydrogen-bond donors (Lipinski definition) is 3. The number of aromatic hydroxyl groups is 2. The van der Waals surface area contributed by atoms with Crippen LogP contribution in [0, 0.1) is 20.8 Å². The van der Waals surface area contributed by atoms with Crippen LogP contribution in [0.1, 0.15) is 48.4 Å². The standard InChI is InChI=1S/C19H27NO4/c1-12-13(2)17(22)15(14(3)16(12)21)8-9-19(4,24)18(23)20-10-6-5-7-11-20/h8-9,21-22,24H,5-7,10-11H2,1-4H3. The molecule has 24 heavy (non-hydrogen) atoms. The SMILES string of the molecule is Cc1c(C)c(O)c(C=CC(C)(O)C(=O)N2CCCCC2)c(C)c1O. The Morgan fingerprint density at radius 3 is 2.12 bits per heavy atom. The van der Waals surface area contributed by atoms with Gasteiger partial charge in [0.15, 0.2) is 5.60 Å². The number of phenolic OH excluding ortho intramolecular Hbond substituents is 2. The molecule has 0 bridgehead atoms. The Labute approximate surface area is 143 Å². The second-order valence-corrected chi connectivity index (χ2v) is 6.82. The second-order valence-electron chi connectivity index (χ2n) is 6.82. The number of carbonyl (C=O) groups excluding carboxylic acids is 1. The molecule has 132 valence electrons. The lowest BCUT2D eigenvalue weighted by Gasteiger charge is -2.32. The number of carbonyl (C=O) groups is 1. The van der Waals surface area contributed by atoms with Crippen LogP contribution in [0.3, 0.4) is 0 Å². The molecular weight excluding hydrogens is 306 g/mol. The maximum atomic E-state index is 12.5. The number of phenols is 2. The van der Waals surface area contributed by atoms with Gasteiger partial charge in [0.2, 0.25) is 0 Å². The van der Waals surface area contributed by atoms with Crippen LogP contribution in [0.5, 0.6) is 11.5 Å². The number of rotatable bonds is 3. The first-order chi connectivity index (χ1) is 11.2. The van der Waals surface area contributed by atoms with E-state index in [1.165, 1.54) is 19.1 Å². The Bertz CT molecular complexity index is 641. The van der Waals surface area contributed by atoms with Crippen molar-refractivity contribution in [3.05, 3.63) is 28.3 Å². The van der Waals surface area contributed by atoms with E-state index in [1.807, 2.05) is 0 Å². The monoisotopic (exact) mass is 333 g/mol. The molecule has 1 saturated heterocycles. The first-order valence-electron chi connectivity index (χ1n) is 8.39. The molecule has 3 N–H and O–H groups in total. The molecule has 1 aliphatic heterocycles. The molecule has 2 rings (SSSR count). The van der Waals surface area contributed by atoms with Gasteiger partial charge < -0.3 is 20.2 Å². The summed E-state index contributed by atoms with van der Waals surface area (Å²) in [5, 5.41) is 31.0. The Balaban J connectivity index is 2.31. The van der Waals surface area contributed by atoms with Crippen LogP contribution < -0.4 is 0 Å². The zero-order chi connectivity index (χ0) is 18.1. The van der Waals surface area contributed by atoms with E-state index in [9.17, 15) is 20.1 Å². The van der Waals surface area contributed by atoms with Gasteiger partial charge in [-0.2, -0.15) is 0 Å². The predicted octanol–water partition coefficient (Wildman–Crippen LogP) is 2.80. The van der Waals surface area contributed by atoms with Crippen LogP contribution in [-0.2, 0) is 4.79 Å². The highest BCUT2D eigenvalue weighted by Gasteiger charge is 2.32. The molecular formula is C19H27NO4. The fourth-order valence-corrected chi connectivity index (χ4v) is 3.08. The third kappa shape index (κ3) is 3.41. The quantitative estimate of drug-likeness (QED) is 0.743. The zero-order valence-electron chi connectivity index (χ0n) is 14.9. The lowest BCUT2D eigenvalue weighted by atomic mass is 9.95. The number of likely N-dealkylation sites (tertiary alicyclic amines) is 1. The molecule has 0 spiro atoms. The van der Waals surface area contributed by atoms with Crippen molar-refractivity contribution in [3.63, 3.8) is 0 Å². The molecule has 1 heterocycles. The van der Waals surface area contributed by atoms with E-state index >= 15 is 0 Å². The van der Waals surface area contributed by atoms with Gasteiger partial charge >= 0.3 is 0 Å². The minimum absolute atomic E-state index is 0.0558. The van der Waals surface area contributed by atoms with E-state index < -0.39 is 5.60 Å². The first kappa shape index (κ1) is 18.3. The summed E-state index contributed by atoms with van der Waals surface area (Å²) in [6, 6.07) is 0. The molecule has 0 saturated carbocycles. The van der Waals surface area contributed by atoms with Gasteiger partial charge in [0, 0.05) is 24.2 Å². The van der Waals surface area contributed by atoms with Crippen molar-refractivity contribution < 1.29 is 20.1 Å². The second kappa shape index (κ2) is 6.85. The van der Waals surface area contributed by atoms with Crippen molar-refractivity contribution in [2.75, 3.05) is 13.1 Å². The summed E-state index contributed by atoms with van der Waals surface area (Å²) in [4.78, 5) is 14.2. The van der Waals surface area contributed by atoms with Gasteiger partial charge in [0.25, 0.3) is 5.91 Å². The molecule has 5 nitrogen and oxygen atoms in total. The smallest absolute Gasteiger partial charge is 0.258 e. The van der Waals surface area contributed by atoms with E-state index in [2.05, 4.69) is 0 Å². The van der Waals surface area contributed by atoms with Gasteiger partial charge in [0.1, 0.15) is 11.5 Å². The van der Waals surface area contributed by atoms with E-state index in [-0.39, 0.29) is 17.4 Å². The maximum Gasteiger partial charge on any atom is 0.258 e. The Kier molecular flexibility index (Phi) is 5.23. The molecule has 0 radical (unpaired) electrons. The molecule has 5 heteroatoms. The highest BCUT2D eigenvalue weighted by atomic mass is 16.3. The first-order valence-corrected chi connectivity index (χ1v) is 8.39. The summed E-state index contributed by atoms with van der Waals surface area (Å²) in [5.74, 6) is -0.157. The summed E-state index contributed by atoms with van der Waals surface area (Å²) >= 11 is 0. The summed E-state index contributed by atoms with van der Waals surface area (Å²) in [6.07, 6.45) is 5.92. The van der Waals surface area contributed by atoms with Crippen molar-refractivity contribution >= 4 is 12.0 Å². The fourth-order valence-electron chi connectivity index (χ4n) is 3.08. The van der Waals surface area contributed by atoms with E-state index in [1.54, 1.807) is 25.7 Å². The molecule has 1 atom stereocenters. The predicted molar refractivity (Wildman–Crippen MR) is 94.1 cm³/mol. The van der Waals surface area contributed by atoms with Gasteiger partial charge in [-0.1, -0.05) is 6.08 Å². The third-order valence-corrected chi connectivity index (χ3v) is 4.94. The number of hydrogen-bond acceptors (Lipinski definition) is 4. The molecule has 1 aromatic carbocycles. The Morgan fingerprint density at radius 2 is 1.54 bits per heavy atom. The summed E-state index contributed by atoms with van der Waals surface area (Å²) < 4.78 is 0. The van der Waals surface area contributed by atoms with Gasteiger partial charge in [-0.3, -0.25) is 4.79 Å².